The van der Waals surface area contributed by atoms with E-state index in [1.807, 2.05) is 0 Å². The molecule has 15 heavy (non-hydrogen) atoms. The van der Waals surface area contributed by atoms with Crippen molar-refractivity contribution in [2.75, 3.05) is 11.9 Å². The normalized spacial score (nSPS) is 9.47. The molecule has 1 heterocycles. The summed E-state index contributed by atoms with van der Waals surface area (Å²) < 4.78 is 5.12. The topological polar surface area (TPSA) is 68.3 Å². The van der Waals surface area contributed by atoms with Gasteiger partial charge in [-0.25, -0.2) is 9.78 Å². The zero-order valence-corrected chi connectivity index (χ0v) is 9.58. The molecule has 0 aliphatic heterocycles. The molecule has 0 spiro atoms. The summed E-state index contributed by atoms with van der Waals surface area (Å²) in [6.45, 7) is 1.79. The van der Waals surface area contributed by atoms with Gasteiger partial charge in [0.05, 0.1) is 11.1 Å². The van der Waals surface area contributed by atoms with Gasteiger partial charge in [0, 0.05) is 6.20 Å². The molecule has 1 N–H and O–H groups in total. The van der Waals surface area contributed by atoms with E-state index in [2.05, 4.69) is 31.0 Å². The second kappa shape index (κ2) is 5.45. The number of pyridine rings is 1. The molecule has 0 fully saturated rings. The molecule has 0 unspecified atom stereocenters. The summed E-state index contributed by atoms with van der Waals surface area (Å²) >= 11 is 3.18. The molecule has 1 rings (SSSR count). The van der Waals surface area contributed by atoms with E-state index >= 15 is 0 Å². The molecule has 1 aromatic rings. The predicted molar refractivity (Wildman–Crippen MR) is 57.2 cm³/mol. The summed E-state index contributed by atoms with van der Waals surface area (Å²) in [4.78, 5) is 26.1. The van der Waals surface area contributed by atoms with Crippen LogP contribution in [0.25, 0.3) is 0 Å². The van der Waals surface area contributed by atoms with Gasteiger partial charge in [0.1, 0.15) is 5.82 Å². The van der Waals surface area contributed by atoms with Crippen LogP contribution in [0.5, 0.6) is 0 Å². The maximum absolute atomic E-state index is 11.2. The molecule has 5 nitrogen and oxygen atoms in total. The highest BCUT2D eigenvalue weighted by molar-refractivity contribution is 9.10. The molecule has 6 heteroatoms. The quantitative estimate of drug-likeness (QED) is 0.652. The summed E-state index contributed by atoms with van der Waals surface area (Å²) in [5.74, 6) is -1.47. The van der Waals surface area contributed by atoms with Gasteiger partial charge in [0.25, 0.3) is 0 Å². The fraction of sp³-hybridized carbons (Fsp3) is 0.222. The van der Waals surface area contributed by atoms with E-state index in [0.29, 0.717) is 4.47 Å². The van der Waals surface area contributed by atoms with E-state index in [1.54, 1.807) is 19.1 Å². The van der Waals surface area contributed by atoms with E-state index in [9.17, 15) is 9.59 Å². The molecule has 0 bridgehead atoms. The van der Waals surface area contributed by atoms with Crippen LogP contribution in [0.4, 0.5) is 5.82 Å². The van der Waals surface area contributed by atoms with Crippen LogP contribution in [0, 0.1) is 0 Å². The highest BCUT2D eigenvalue weighted by atomic mass is 79.9. The van der Waals surface area contributed by atoms with Crippen molar-refractivity contribution in [3.63, 3.8) is 0 Å². The van der Waals surface area contributed by atoms with Crippen LogP contribution in [0.2, 0.25) is 0 Å². The summed E-state index contributed by atoms with van der Waals surface area (Å²) in [6, 6.07) is 3.40. The summed E-state index contributed by atoms with van der Waals surface area (Å²) in [6.07, 6.45) is 1.51. The van der Waals surface area contributed by atoms with Gasteiger partial charge < -0.3 is 4.74 Å². The number of rotatable bonds is 2. The van der Waals surface area contributed by atoms with Gasteiger partial charge in [0.15, 0.2) is 0 Å². The highest BCUT2D eigenvalue weighted by Gasteiger charge is 2.16. The van der Waals surface area contributed by atoms with Gasteiger partial charge in [-0.3, -0.25) is 10.1 Å². The number of carbonyl (C=O) groups excluding carboxylic acids is 2. The molecule has 0 saturated heterocycles. The average Bonchev–Trinajstić information content (AvgIpc) is 2.21. The van der Waals surface area contributed by atoms with E-state index in [0.717, 1.165) is 0 Å². The number of amides is 1. The molecule has 1 amide bonds. The van der Waals surface area contributed by atoms with Crippen LogP contribution in [0.15, 0.2) is 22.8 Å². The van der Waals surface area contributed by atoms with Gasteiger partial charge >= 0.3 is 11.9 Å². The Morgan fingerprint density at radius 1 is 1.60 bits per heavy atom. The molecule has 0 aromatic carbocycles. The molecular formula is C9H9BrN2O3. The first kappa shape index (κ1) is 11.6. The summed E-state index contributed by atoms with van der Waals surface area (Å²) in [5, 5.41) is 2.32. The molecular weight excluding hydrogens is 264 g/mol. The Balaban J connectivity index is 2.67. The van der Waals surface area contributed by atoms with Gasteiger partial charge in [-0.15, -0.1) is 0 Å². The van der Waals surface area contributed by atoms with E-state index in [1.165, 1.54) is 6.20 Å². The number of carbonyl (C=O) groups is 2. The lowest BCUT2D eigenvalue weighted by Gasteiger charge is -2.04. The molecule has 80 valence electrons. The van der Waals surface area contributed by atoms with E-state index in [-0.39, 0.29) is 12.4 Å². The third-order valence-electron chi connectivity index (χ3n) is 1.45. The molecule has 0 atom stereocenters. The first-order chi connectivity index (χ1) is 7.15. The van der Waals surface area contributed by atoms with Crippen LogP contribution < -0.4 is 5.32 Å². The van der Waals surface area contributed by atoms with Crippen LogP contribution >= 0.6 is 15.9 Å². The van der Waals surface area contributed by atoms with Crippen molar-refractivity contribution in [2.45, 2.75) is 6.92 Å². The third kappa shape index (κ3) is 3.32. The first-order valence-electron chi connectivity index (χ1n) is 4.23. The highest BCUT2D eigenvalue weighted by Crippen LogP contribution is 2.17. The molecule has 0 aliphatic rings. The standard InChI is InChI=1S/C9H9BrN2O3/c1-2-15-9(14)8(13)12-7-6(10)4-3-5-11-7/h3-5H,2H2,1H3,(H,11,12,13). The lowest BCUT2D eigenvalue weighted by molar-refractivity contribution is -0.152. The SMILES string of the molecule is CCOC(=O)C(=O)Nc1ncccc1Br. The van der Waals surface area contributed by atoms with Crippen molar-refractivity contribution in [3.05, 3.63) is 22.8 Å². The Hall–Kier alpha value is -1.43. The minimum atomic E-state index is -0.921. The first-order valence-corrected chi connectivity index (χ1v) is 5.03. The summed E-state index contributed by atoms with van der Waals surface area (Å²) in [5.41, 5.74) is 0. The monoisotopic (exact) mass is 272 g/mol. The maximum atomic E-state index is 11.2. The van der Waals surface area contributed by atoms with Crippen molar-refractivity contribution in [2.24, 2.45) is 0 Å². The lowest BCUT2D eigenvalue weighted by atomic mass is 10.4. The zero-order chi connectivity index (χ0) is 11.3. The largest absolute Gasteiger partial charge is 0.459 e. The predicted octanol–water partition coefficient (Wildman–Crippen LogP) is 1.35. The average molecular weight is 273 g/mol. The third-order valence-corrected chi connectivity index (χ3v) is 2.09. The number of anilines is 1. The summed E-state index contributed by atoms with van der Waals surface area (Å²) in [7, 11) is 0. The number of halogens is 1. The Bertz CT molecular complexity index is 381. The number of hydrogen-bond acceptors (Lipinski definition) is 4. The van der Waals surface area contributed by atoms with Crippen LogP contribution in [-0.4, -0.2) is 23.5 Å². The lowest BCUT2D eigenvalue weighted by Crippen LogP contribution is -2.25. The van der Waals surface area contributed by atoms with Crippen molar-refractivity contribution in [1.82, 2.24) is 4.98 Å². The number of ether oxygens (including phenoxy) is 1. The van der Waals surface area contributed by atoms with Crippen molar-refractivity contribution in [3.8, 4) is 0 Å². The van der Waals surface area contributed by atoms with Gasteiger partial charge in [-0.2, -0.15) is 0 Å². The number of aromatic nitrogens is 1. The van der Waals surface area contributed by atoms with Crippen molar-refractivity contribution in [1.29, 1.82) is 0 Å². The zero-order valence-electron chi connectivity index (χ0n) is 7.99. The second-order valence-corrected chi connectivity index (χ2v) is 3.36. The maximum Gasteiger partial charge on any atom is 0.397 e. The van der Waals surface area contributed by atoms with Crippen LogP contribution in [-0.2, 0) is 14.3 Å². The fourth-order valence-electron chi connectivity index (χ4n) is 0.833. The van der Waals surface area contributed by atoms with Crippen LogP contribution in [0.3, 0.4) is 0 Å². The van der Waals surface area contributed by atoms with Gasteiger partial charge in [-0.05, 0) is 35.0 Å². The minimum Gasteiger partial charge on any atom is -0.459 e. The van der Waals surface area contributed by atoms with Crippen LogP contribution in [0.1, 0.15) is 6.92 Å². The number of nitrogens with one attached hydrogen (secondary N) is 1. The van der Waals surface area contributed by atoms with Gasteiger partial charge in [0.2, 0.25) is 0 Å². The number of nitrogens with zero attached hydrogens (tertiary/aromatic N) is 1. The van der Waals surface area contributed by atoms with Crippen molar-refractivity contribution >= 4 is 33.6 Å². The molecule has 0 aliphatic carbocycles. The van der Waals surface area contributed by atoms with Crippen molar-refractivity contribution < 1.29 is 14.3 Å². The minimum absolute atomic E-state index is 0.162. The molecule has 1 aromatic heterocycles. The van der Waals surface area contributed by atoms with E-state index < -0.39 is 11.9 Å². The Labute approximate surface area is 95.0 Å². The Morgan fingerprint density at radius 3 is 2.93 bits per heavy atom. The smallest absolute Gasteiger partial charge is 0.397 e. The van der Waals surface area contributed by atoms with E-state index in [4.69, 9.17) is 0 Å². The number of esters is 1. The second-order valence-electron chi connectivity index (χ2n) is 2.51. The van der Waals surface area contributed by atoms with Gasteiger partial charge in [-0.1, -0.05) is 0 Å². The molecule has 0 saturated carbocycles. The Kier molecular flexibility index (Phi) is 4.23. The fourth-order valence-corrected chi connectivity index (χ4v) is 1.19. The molecule has 0 radical (unpaired) electrons. The number of hydrogen-bond donors (Lipinski definition) is 1. The Morgan fingerprint density at radius 2 is 2.33 bits per heavy atom.